The van der Waals surface area contributed by atoms with E-state index in [2.05, 4.69) is 22.5 Å². The first kappa shape index (κ1) is 36.8. The number of hydrogen-bond acceptors (Lipinski definition) is 5. The number of benzene rings is 2. The van der Waals surface area contributed by atoms with Gasteiger partial charge in [-0.3, -0.25) is 15.3 Å². The molecule has 2 aromatic carbocycles. The zero-order valence-electron chi connectivity index (χ0n) is 28.2. The quantitative estimate of drug-likeness (QED) is 0.0356. The molecule has 4 aromatic rings. The van der Waals surface area contributed by atoms with Crippen LogP contribution in [0.3, 0.4) is 0 Å². The van der Waals surface area contributed by atoms with Crippen LogP contribution in [0.1, 0.15) is 96.8 Å². The first-order valence-electron chi connectivity index (χ1n) is 17.8. The molecular formula is C38H55Cl2N5O2+2. The lowest BCUT2D eigenvalue weighted by Gasteiger charge is -2.23. The molecule has 0 bridgehead atoms. The Hall–Kier alpha value is -3.00. The molecule has 0 radical (unpaired) electrons. The van der Waals surface area contributed by atoms with Crippen LogP contribution in [0.4, 0.5) is 11.4 Å². The van der Waals surface area contributed by atoms with Crippen molar-refractivity contribution in [2.45, 2.75) is 96.8 Å². The van der Waals surface area contributed by atoms with Gasteiger partial charge in [0.1, 0.15) is 0 Å². The molecule has 0 aliphatic heterocycles. The number of rotatable bonds is 23. The van der Waals surface area contributed by atoms with Crippen LogP contribution in [0.25, 0.3) is 21.8 Å². The summed E-state index contributed by atoms with van der Waals surface area (Å²) in [7, 11) is 0. The van der Waals surface area contributed by atoms with Gasteiger partial charge in [0.05, 0.1) is 22.1 Å². The molecular weight excluding hydrogens is 629 g/mol. The van der Waals surface area contributed by atoms with Gasteiger partial charge in [-0.1, -0.05) is 114 Å². The summed E-state index contributed by atoms with van der Waals surface area (Å²) >= 11 is 12.4. The summed E-state index contributed by atoms with van der Waals surface area (Å²) in [4.78, 5) is 2.52. The van der Waals surface area contributed by atoms with E-state index in [4.69, 9.17) is 23.2 Å². The highest BCUT2D eigenvalue weighted by Gasteiger charge is 2.15. The molecule has 0 spiro atoms. The Balaban J connectivity index is 1.23. The number of aromatic nitrogens is 2. The number of nitrogens with zero attached hydrogens (tertiary/aromatic N) is 3. The topological polar surface area (TPSA) is 75.5 Å². The number of nitrogens with one attached hydrogen (secondary N) is 2. The molecule has 0 fully saturated rings. The van der Waals surface area contributed by atoms with E-state index in [-0.39, 0.29) is 0 Å². The lowest BCUT2D eigenvalue weighted by Crippen LogP contribution is -2.35. The minimum Gasteiger partial charge on any atom is -0.383 e. The summed E-state index contributed by atoms with van der Waals surface area (Å²) in [5.41, 5.74) is 3.30. The highest BCUT2D eigenvalue weighted by molar-refractivity contribution is 6.31. The summed E-state index contributed by atoms with van der Waals surface area (Å²) in [6.45, 7) is 6.68. The first-order valence-corrected chi connectivity index (χ1v) is 18.6. The lowest BCUT2D eigenvalue weighted by atomic mass is 10.0. The molecule has 0 unspecified atom stereocenters. The lowest BCUT2D eigenvalue weighted by molar-refractivity contribution is -0.884. The van der Waals surface area contributed by atoms with Crippen molar-refractivity contribution in [3.05, 3.63) is 71.0 Å². The van der Waals surface area contributed by atoms with Crippen LogP contribution in [0.5, 0.6) is 0 Å². The molecule has 0 saturated carbocycles. The predicted molar refractivity (Wildman–Crippen MR) is 196 cm³/mol. The van der Waals surface area contributed by atoms with E-state index in [1.54, 1.807) is 24.5 Å². The number of unbranched alkanes of at least 4 members (excludes halogenated alkanes) is 13. The van der Waals surface area contributed by atoms with Gasteiger partial charge < -0.3 is 10.6 Å². The molecule has 0 aliphatic carbocycles. The Bertz CT molecular complexity index is 1420. The third-order valence-electron chi connectivity index (χ3n) is 9.07. The Morgan fingerprint density at radius 2 is 0.957 bits per heavy atom. The van der Waals surface area contributed by atoms with Gasteiger partial charge in [0.2, 0.25) is 12.4 Å². The smallest absolute Gasteiger partial charge is 0.268 e. The van der Waals surface area contributed by atoms with E-state index in [1.807, 2.05) is 36.4 Å². The molecule has 7 nitrogen and oxygen atoms in total. The van der Waals surface area contributed by atoms with E-state index < -0.39 is 0 Å². The normalized spacial score (nSPS) is 11.6. The third kappa shape index (κ3) is 12.2. The third-order valence-corrected chi connectivity index (χ3v) is 9.54. The molecule has 4 N–H and O–H groups in total. The van der Waals surface area contributed by atoms with Crippen molar-refractivity contribution in [2.24, 2.45) is 0 Å². The summed E-state index contributed by atoms with van der Waals surface area (Å²) in [6, 6.07) is 14.9. The largest absolute Gasteiger partial charge is 0.383 e. The maximum absolute atomic E-state index is 10.3. The molecule has 0 saturated heterocycles. The van der Waals surface area contributed by atoms with E-state index in [0.29, 0.717) is 21.1 Å². The van der Waals surface area contributed by atoms with E-state index in [1.165, 1.54) is 89.9 Å². The second-order valence-electron chi connectivity index (χ2n) is 12.8. The average Bonchev–Trinajstić information content (AvgIpc) is 3.07. The van der Waals surface area contributed by atoms with E-state index in [9.17, 15) is 10.4 Å². The number of hydrogen-bond donors (Lipinski definition) is 4. The van der Waals surface area contributed by atoms with Gasteiger partial charge in [0.15, 0.2) is 0 Å². The highest BCUT2D eigenvalue weighted by atomic mass is 35.5. The Morgan fingerprint density at radius 1 is 0.553 bits per heavy atom. The maximum atomic E-state index is 10.3. The number of pyridine rings is 2. The van der Waals surface area contributed by atoms with Crippen molar-refractivity contribution < 1.29 is 19.9 Å². The standard InChI is InChI=1S/C38H53Cl2N5O2/c1-2-3-4-5-6-7-8-9-10-11-12-13-14-15-24-43(27-22-41-35-20-25-44(46)37-29-31(39)16-18-33(35)37)28-23-42-36-21-26-45(47)38-30-32(40)17-19-34(36)38/h16-21,25-26,29-30,46-47H,2-15,22-24,27-28H2,1H3/p+2. The van der Waals surface area contributed by atoms with Gasteiger partial charge in [-0.2, -0.15) is 0 Å². The number of anilines is 2. The van der Waals surface area contributed by atoms with Gasteiger partial charge in [-0.15, -0.1) is 0 Å². The van der Waals surface area contributed by atoms with Crippen molar-refractivity contribution >= 4 is 56.4 Å². The van der Waals surface area contributed by atoms with E-state index in [0.717, 1.165) is 64.3 Å². The van der Waals surface area contributed by atoms with Crippen molar-refractivity contribution in [2.75, 3.05) is 43.4 Å². The van der Waals surface area contributed by atoms with Crippen LogP contribution in [-0.2, 0) is 0 Å². The van der Waals surface area contributed by atoms with Crippen molar-refractivity contribution in [1.29, 1.82) is 0 Å². The van der Waals surface area contributed by atoms with Gasteiger partial charge >= 0.3 is 0 Å². The minimum absolute atomic E-state index is 0.590. The van der Waals surface area contributed by atoms with Crippen LogP contribution in [0, 0.1) is 0 Å². The summed E-state index contributed by atoms with van der Waals surface area (Å²) in [5.74, 6) is 0. The maximum Gasteiger partial charge on any atom is 0.268 e. The SMILES string of the molecule is CCCCCCCCCCCCCCCCN(CCNc1cc[n+](O)c2cc(Cl)ccc12)CCNc1cc[n+](O)c2cc(Cl)ccc12. The van der Waals surface area contributed by atoms with Crippen molar-refractivity contribution in [1.82, 2.24) is 4.90 Å². The molecule has 256 valence electrons. The van der Waals surface area contributed by atoms with Crippen molar-refractivity contribution in [3.8, 4) is 0 Å². The van der Waals surface area contributed by atoms with Crippen LogP contribution in [0.2, 0.25) is 10.0 Å². The fourth-order valence-corrected chi connectivity index (χ4v) is 6.68. The van der Waals surface area contributed by atoms with Crippen molar-refractivity contribution in [3.63, 3.8) is 0 Å². The molecule has 9 heteroatoms. The summed E-state index contributed by atoms with van der Waals surface area (Å²) < 4.78 is 2.22. The molecule has 0 atom stereocenters. The van der Waals surface area contributed by atoms with Gasteiger partial charge in [0, 0.05) is 70.0 Å². The second kappa shape index (κ2) is 20.4. The fraction of sp³-hybridized carbons (Fsp3) is 0.526. The van der Waals surface area contributed by atoms with Crippen LogP contribution < -0.4 is 20.1 Å². The Kier molecular flexibility index (Phi) is 16.0. The van der Waals surface area contributed by atoms with Crippen LogP contribution in [0.15, 0.2) is 60.9 Å². The summed E-state index contributed by atoms with van der Waals surface area (Å²) in [5, 5.41) is 30.7. The zero-order valence-corrected chi connectivity index (χ0v) is 29.7. The summed E-state index contributed by atoms with van der Waals surface area (Å²) in [6.07, 6.45) is 22.3. The molecule has 2 heterocycles. The fourth-order valence-electron chi connectivity index (χ4n) is 6.35. The monoisotopic (exact) mass is 683 g/mol. The molecule has 0 amide bonds. The van der Waals surface area contributed by atoms with Gasteiger partial charge in [-0.05, 0) is 37.2 Å². The highest BCUT2D eigenvalue weighted by Crippen LogP contribution is 2.24. The van der Waals surface area contributed by atoms with E-state index >= 15 is 0 Å². The number of fused-ring (bicyclic) bond motifs is 2. The Labute approximate surface area is 291 Å². The molecule has 0 aliphatic rings. The first-order chi connectivity index (χ1) is 23.0. The van der Waals surface area contributed by atoms with Crippen LogP contribution >= 0.6 is 23.2 Å². The predicted octanol–water partition coefficient (Wildman–Crippen LogP) is 9.66. The van der Waals surface area contributed by atoms with Crippen LogP contribution in [-0.4, -0.2) is 48.0 Å². The second-order valence-corrected chi connectivity index (χ2v) is 13.6. The average molecular weight is 685 g/mol. The molecule has 2 aromatic heterocycles. The van der Waals surface area contributed by atoms with Gasteiger partial charge in [0.25, 0.3) is 11.0 Å². The molecule has 47 heavy (non-hydrogen) atoms. The zero-order chi connectivity index (χ0) is 33.3. The minimum atomic E-state index is 0.590. The van der Waals surface area contributed by atoms with Gasteiger partial charge in [-0.25, -0.2) is 0 Å². The Morgan fingerprint density at radius 3 is 1.38 bits per heavy atom. The molecule has 4 rings (SSSR count). The number of halogens is 2.